The Balaban J connectivity index is 1.23. The first-order valence-electron chi connectivity index (χ1n) is 22.9. The van der Waals surface area contributed by atoms with Gasteiger partial charge in [-0.05, 0) is 81.0 Å². The van der Waals surface area contributed by atoms with E-state index in [0.29, 0.717) is 33.6 Å². The van der Waals surface area contributed by atoms with E-state index in [9.17, 15) is 5.48 Å². The van der Waals surface area contributed by atoms with Crippen LogP contribution in [0.1, 0.15) is 13.7 Å². The molecule has 0 saturated carbocycles. The van der Waals surface area contributed by atoms with Crippen LogP contribution < -0.4 is 0 Å². The lowest BCUT2D eigenvalue weighted by molar-refractivity contribution is 0.668. The second kappa shape index (κ2) is 11.6. The summed E-state index contributed by atoms with van der Waals surface area (Å²) in [7, 11) is 0. The van der Waals surface area contributed by atoms with E-state index in [1.807, 2.05) is 72.8 Å². The molecule has 0 saturated heterocycles. The smallest absolute Gasteiger partial charge is 0.143 e. The van der Waals surface area contributed by atoms with Gasteiger partial charge < -0.3 is 13.4 Å². The van der Waals surface area contributed by atoms with Gasteiger partial charge in [0.2, 0.25) is 0 Å². The highest BCUT2D eigenvalue weighted by Gasteiger charge is 2.22. The number of nitrogens with zero attached hydrogens (tertiary/aromatic N) is 1. The summed E-state index contributed by atoms with van der Waals surface area (Å²) >= 11 is 0. The topological polar surface area (TPSA) is 31.2 Å². The SMILES string of the molecule is [2H]c1c([2H])c([2H])c2c(c1[2H])c([2H])c([2H])c1c2c2c([2H])c([2H])c([2H])c([2H])c2n1-c1cc(-c2cc(-c3ccc(-c4ccccc4)cc3)c3oc4ccccc4c3c2)c2c(c1)oc1ccccc12. The molecule has 3 nitrogen and oxygen atoms in total. The van der Waals surface area contributed by atoms with Gasteiger partial charge in [-0.15, -0.1) is 0 Å². The fraction of sp³-hybridized carbons (Fsp3) is 0. The van der Waals surface area contributed by atoms with E-state index in [4.69, 9.17) is 17.1 Å². The zero-order chi connectivity index (χ0) is 44.7. The molecule has 256 valence electrons. The largest absolute Gasteiger partial charge is 0.456 e. The first-order chi connectivity index (χ1) is 31.4. The van der Waals surface area contributed by atoms with Crippen LogP contribution in [-0.2, 0) is 0 Å². The van der Waals surface area contributed by atoms with Gasteiger partial charge in [-0.1, -0.05) is 139 Å². The van der Waals surface area contributed by atoms with Crippen LogP contribution in [0, 0.1) is 0 Å². The Hall–Kier alpha value is -7.36. The average molecular weight is 712 g/mol. The summed E-state index contributed by atoms with van der Waals surface area (Å²) in [6, 6.07) is 36.8. The highest BCUT2D eigenvalue weighted by atomic mass is 16.3. The van der Waals surface area contributed by atoms with Crippen LogP contribution in [0.25, 0.3) is 116 Å². The van der Waals surface area contributed by atoms with Gasteiger partial charge in [-0.25, -0.2) is 0 Å². The van der Waals surface area contributed by atoms with Gasteiger partial charge >= 0.3 is 0 Å². The molecule has 12 rings (SSSR count). The first-order valence-corrected chi connectivity index (χ1v) is 17.9. The Labute approximate surface area is 329 Å². The fourth-order valence-electron chi connectivity index (χ4n) is 8.20. The number of fused-ring (bicyclic) bond motifs is 11. The zero-order valence-electron chi connectivity index (χ0n) is 38.9. The van der Waals surface area contributed by atoms with Crippen molar-refractivity contribution >= 4 is 76.5 Å². The Bertz CT molecular complexity index is 4060. The Kier molecular flexibility index (Phi) is 4.63. The van der Waals surface area contributed by atoms with Crippen LogP contribution in [0.4, 0.5) is 0 Å². The maximum atomic E-state index is 9.53. The van der Waals surface area contributed by atoms with E-state index in [-0.39, 0.29) is 32.6 Å². The molecule has 0 radical (unpaired) electrons. The van der Waals surface area contributed by atoms with Crippen molar-refractivity contribution < 1.29 is 22.5 Å². The third-order valence-corrected chi connectivity index (χ3v) is 10.7. The lowest BCUT2D eigenvalue weighted by Crippen LogP contribution is -1.95. The lowest BCUT2D eigenvalue weighted by atomic mass is 9.92. The maximum Gasteiger partial charge on any atom is 0.143 e. The zero-order valence-corrected chi connectivity index (χ0v) is 28.9. The second-order valence-corrected chi connectivity index (χ2v) is 13.7. The van der Waals surface area contributed by atoms with Crippen LogP contribution in [0.3, 0.4) is 0 Å². The van der Waals surface area contributed by atoms with Gasteiger partial charge in [-0.2, -0.15) is 0 Å². The van der Waals surface area contributed by atoms with Crippen molar-refractivity contribution in [2.24, 2.45) is 0 Å². The molecule has 0 unspecified atom stereocenters. The fourth-order valence-corrected chi connectivity index (χ4v) is 8.20. The Morgan fingerprint density at radius 3 is 1.95 bits per heavy atom. The normalized spacial score (nSPS) is 14.5. The summed E-state index contributed by atoms with van der Waals surface area (Å²) in [6.07, 6.45) is 0. The number of hydrogen-bond acceptors (Lipinski definition) is 2. The molecule has 0 aliphatic heterocycles. The van der Waals surface area contributed by atoms with E-state index >= 15 is 0 Å². The van der Waals surface area contributed by atoms with E-state index in [2.05, 4.69) is 48.5 Å². The molecule has 3 aromatic heterocycles. The number of benzene rings is 9. The van der Waals surface area contributed by atoms with Crippen molar-refractivity contribution in [3.05, 3.63) is 188 Å². The lowest BCUT2D eigenvalue weighted by Gasteiger charge is -2.14. The highest BCUT2D eigenvalue weighted by molar-refractivity contribution is 6.22. The highest BCUT2D eigenvalue weighted by Crippen LogP contribution is 2.45. The molecule has 55 heavy (non-hydrogen) atoms. The third-order valence-electron chi connectivity index (χ3n) is 10.7. The van der Waals surface area contributed by atoms with Crippen LogP contribution in [0.5, 0.6) is 0 Å². The summed E-state index contributed by atoms with van der Waals surface area (Å²) in [5, 5.41) is 3.05. The van der Waals surface area contributed by atoms with Crippen LogP contribution in [0.15, 0.2) is 197 Å². The molecule has 0 N–H and O–H groups in total. The van der Waals surface area contributed by atoms with E-state index in [0.717, 1.165) is 49.4 Å². The number of para-hydroxylation sites is 3. The number of furan rings is 2. The van der Waals surface area contributed by atoms with Crippen molar-refractivity contribution in [3.63, 3.8) is 0 Å². The van der Waals surface area contributed by atoms with Crippen molar-refractivity contribution in [2.45, 2.75) is 0 Å². The first kappa shape index (κ1) is 22.0. The molecular formula is C52H31NO2. The number of aromatic nitrogens is 1. The second-order valence-electron chi connectivity index (χ2n) is 13.7. The molecule has 0 bridgehead atoms. The van der Waals surface area contributed by atoms with Crippen molar-refractivity contribution in [2.75, 3.05) is 0 Å². The number of rotatable bonds is 4. The van der Waals surface area contributed by atoms with Crippen molar-refractivity contribution in [3.8, 4) is 39.1 Å². The molecule has 9 aromatic carbocycles. The summed E-state index contributed by atoms with van der Waals surface area (Å²) < 4.78 is 105. The molecule has 0 spiro atoms. The maximum absolute atomic E-state index is 9.53. The molecule has 0 amide bonds. The van der Waals surface area contributed by atoms with E-state index < -0.39 is 60.4 Å². The molecule has 0 aliphatic rings. The molecule has 0 fully saturated rings. The summed E-state index contributed by atoms with van der Waals surface area (Å²) in [5.41, 5.74) is 8.15. The molecular weight excluding hydrogens is 671 g/mol. The van der Waals surface area contributed by atoms with E-state index in [1.165, 1.54) is 4.57 Å². The van der Waals surface area contributed by atoms with Gasteiger partial charge in [0.25, 0.3) is 0 Å². The molecule has 0 aliphatic carbocycles. The van der Waals surface area contributed by atoms with Gasteiger partial charge in [0.15, 0.2) is 0 Å². The number of hydrogen-bond donors (Lipinski definition) is 0. The van der Waals surface area contributed by atoms with E-state index in [1.54, 1.807) is 6.07 Å². The summed E-state index contributed by atoms with van der Waals surface area (Å²) in [5.74, 6) is 0. The molecule has 12 aromatic rings. The van der Waals surface area contributed by atoms with Gasteiger partial charge in [0, 0.05) is 43.9 Å². The molecule has 0 atom stereocenters. The minimum Gasteiger partial charge on any atom is -0.456 e. The van der Waals surface area contributed by atoms with Crippen molar-refractivity contribution in [1.82, 2.24) is 4.57 Å². The Morgan fingerprint density at radius 1 is 0.400 bits per heavy atom. The minimum absolute atomic E-state index is 0.00795. The van der Waals surface area contributed by atoms with Crippen LogP contribution in [-0.4, -0.2) is 4.57 Å². The van der Waals surface area contributed by atoms with Gasteiger partial charge in [0.05, 0.1) is 30.4 Å². The monoisotopic (exact) mass is 711 g/mol. The predicted octanol–water partition coefficient (Wildman–Crippen LogP) is 14.7. The van der Waals surface area contributed by atoms with Crippen molar-refractivity contribution in [1.29, 1.82) is 0 Å². The minimum atomic E-state index is -0.575. The molecule has 3 heterocycles. The third kappa shape index (κ3) is 4.50. The van der Waals surface area contributed by atoms with Gasteiger partial charge in [0.1, 0.15) is 22.3 Å². The molecule has 3 heteroatoms. The summed E-state index contributed by atoms with van der Waals surface area (Å²) in [6.45, 7) is 0. The predicted molar refractivity (Wildman–Crippen MR) is 229 cm³/mol. The Morgan fingerprint density at radius 2 is 1.09 bits per heavy atom. The van der Waals surface area contributed by atoms with Gasteiger partial charge in [-0.3, -0.25) is 0 Å². The standard InChI is InChI=1S/C52H31NO2/c1-2-12-32(13-3-1)33-22-24-35(25-23-33)43-28-36(29-44-39-16-7-10-20-47(39)55-52(43)44)42-30-37(31-49-51(42)41-18-8-11-21-48(41)54-49)53-45-19-9-6-17-40(45)50-38-15-5-4-14-34(38)26-27-46(50)53/h1-31H/i4D,5D,6D,9D,14D,15D,17D,19D,26D,27D. The summed E-state index contributed by atoms with van der Waals surface area (Å²) in [4.78, 5) is 0. The van der Waals surface area contributed by atoms with Crippen LogP contribution in [0.2, 0.25) is 0 Å². The quantitative estimate of drug-likeness (QED) is 0.182. The van der Waals surface area contributed by atoms with Crippen LogP contribution >= 0.6 is 0 Å². The average Bonchev–Trinajstić information content (AvgIpc) is 4.02.